The Labute approximate surface area is 131 Å². The van der Waals surface area contributed by atoms with Crippen LogP contribution in [0.3, 0.4) is 0 Å². The molecule has 1 aromatic rings. The van der Waals surface area contributed by atoms with Crippen LogP contribution < -0.4 is 4.74 Å². The third-order valence-corrected chi connectivity index (χ3v) is 3.79. The fourth-order valence-electron chi connectivity index (χ4n) is 2.66. The molecule has 1 aliphatic heterocycles. The predicted molar refractivity (Wildman–Crippen MR) is 75.7 cm³/mol. The van der Waals surface area contributed by atoms with Gasteiger partial charge in [-0.2, -0.15) is 13.2 Å². The number of hydrogen-bond acceptors (Lipinski definition) is 4. The van der Waals surface area contributed by atoms with Crippen LogP contribution in [0.4, 0.5) is 13.2 Å². The molecule has 0 radical (unpaired) electrons. The number of halogens is 3. The molecule has 0 N–H and O–H groups in total. The van der Waals surface area contributed by atoms with Crippen LogP contribution in [0.5, 0.6) is 5.75 Å². The third-order valence-electron chi connectivity index (χ3n) is 3.79. The molecule has 1 heterocycles. The van der Waals surface area contributed by atoms with Gasteiger partial charge in [-0.15, -0.1) is 0 Å². The van der Waals surface area contributed by atoms with Crippen LogP contribution in [0.1, 0.15) is 19.4 Å². The van der Waals surface area contributed by atoms with Crippen molar-refractivity contribution < 1.29 is 32.2 Å². The smallest absolute Gasteiger partial charge is 0.433 e. The van der Waals surface area contributed by atoms with Gasteiger partial charge >= 0.3 is 12.1 Å². The molecule has 1 fully saturated rings. The maximum atomic E-state index is 13.7. The second-order valence-corrected chi connectivity index (χ2v) is 5.06. The summed E-state index contributed by atoms with van der Waals surface area (Å²) in [6, 6.07) is 5.80. The van der Waals surface area contributed by atoms with E-state index in [2.05, 4.69) is 0 Å². The van der Waals surface area contributed by atoms with E-state index >= 15 is 0 Å². The Morgan fingerprint density at radius 1 is 1.39 bits per heavy atom. The van der Waals surface area contributed by atoms with Crippen molar-refractivity contribution in [2.45, 2.75) is 25.6 Å². The highest BCUT2D eigenvalue weighted by atomic mass is 19.4. The van der Waals surface area contributed by atoms with Crippen molar-refractivity contribution in [2.75, 3.05) is 13.7 Å². The molecule has 4 nitrogen and oxygen atoms in total. The number of ether oxygens (including phenoxy) is 3. The zero-order valence-electron chi connectivity index (χ0n) is 12.9. The van der Waals surface area contributed by atoms with Crippen LogP contribution in [0, 0.1) is 5.92 Å². The van der Waals surface area contributed by atoms with E-state index in [0.717, 1.165) is 6.08 Å². The molecule has 0 saturated carbocycles. The standard InChI is InChI=1S/C16H17F3O4/c1-4-22-14(20)9-13-10(2)15(23-13,16(17,18)19)11-7-5-6-8-12(11)21-3/h5-10H,4H2,1-3H3/b13-9+/t10-,15-/m0/s1. The van der Waals surface area contributed by atoms with Gasteiger partial charge in [-0.05, 0) is 13.0 Å². The van der Waals surface area contributed by atoms with Crippen LogP contribution in [0.15, 0.2) is 36.1 Å². The van der Waals surface area contributed by atoms with Crippen LogP contribution >= 0.6 is 0 Å². The van der Waals surface area contributed by atoms with E-state index in [-0.39, 0.29) is 23.7 Å². The van der Waals surface area contributed by atoms with E-state index in [4.69, 9.17) is 14.2 Å². The van der Waals surface area contributed by atoms with E-state index in [0.29, 0.717) is 0 Å². The summed E-state index contributed by atoms with van der Waals surface area (Å²) in [5.41, 5.74) is -2.67. The number of carbonyl (C=O) groups excluding carboxylic acids is 1. The molecule has 1 aliphatic rings. The van der Waals surface area contributed by atoms with Crippen molar-refractivity contribution in [3.8, 4) is 5.75 Å². The minimum absolute atomic E-state index is 0.0633. The molecule has 0 bridgehead atoms. The van der Waals surface area contributed by atoms with E-state index in [1.54, 1.807) is 13.0 Å². The Morgan fingerprint density at radius 3 is 2.57 bits per heavy atom. The summed E-state index contributed by atoms with van der Waals surface area (Å²) in [7, 11) is 1.29. The molecule has 0 unspecified atom stereocenters. The molecule has 0 spiro atoms. The van der Waals surface area contributed by atoms with E-state index in [1.165, 1.54) is 32.2 Å². The van der Waals surface area contributed by atoms with E-state index in [1.807, 2.05) is 0 Å². The maximum Gasteiger partial charge on any atom is 0.433 e. The number of rotatable bonds is 4. The molecule has 23 heavy (non-hydrogen) atoms. The lowest BCUT2D eigenvalue weighted by atomic mass is 9.74. The largest absolute Gasteiger partial charge is 0.496 e. The lowest BCUT2D eigenvalue weighted by Gasteiger charge is -2.50. The summed E-state index contributed by atoms with van der Waals surface area (Å²) < 4.78 is 56.1. The van der Waals surface area contributed by atoms with Gasteiger partial charge in [-0.3, -0.25) is 0 Å². The van der Waals surface area contributed by atoms with Gasteiger partial charge in [0.05, 0.1) is 25.7 Å². The van der Waals surface area contributed by atoms with Crippen molar-refractivity contribution in [1.29, 1.82) is 0 Å². The minimum Gasteiger partial charge on any atom is -0.496 e. The summed E-state index contributed by atoms with van der Waals surface area (Å²) in [6.07, 6.45) is -3.72. The normalized spacial score (nSPS) is 25.5. The monoisotopic (exact) mass is 330 g/mol. The Hall–Kier alpha value is -2.18. The molecule has 0 amide bonds. The van der Waals surface area contributed by atoms with Gasteiger partial charge in [0.15, 0.2) is 0 Å². The van der Waals surface area contributed by atoms with Crippen molar-refractivity contribution in [3.05, 3.63) is 41.7 Å². The average molecular weight is 330 g/mol. The number of para-hydroxylation sites is 1. The number of methoxy groups -OCH3 is 1. The Balaban J connectivity index is 2.44. The van der Waals surface area contributed by atoms with Gasteiger partial charge in [0.2, 0.25) is 5.60 Å². The molecule has 0 aromatic heterocycles. The zero-order valence-corrected chi connectivity index (χ0v) is 12.9. The molecule has 126 valence electrons. The van der Waals surface area contributed by atoms with Crippen molar-refractivity contribution in [1.82, 2.24) is 0 Å². The fourth-order valence-corrected chi connectivity index (χ4v) is 2.66. The highest BCUT2D eigenvalue weighted by molar-refractivity contribution is 5.82. The van der Waals surface area contributed by atoms with Crippen molar-refractivity contribution in [3.63, 3.8) is 0 Å². The third kappa shape index (κ3) is 2.75. The predicted octanol–water partition coefficient (Wildman–Crippen LogP) is 3.57. The first-order valence-corrected chi connectivity index (χ1v) is 7.05. The van der Waals surface area contributed by atoms with Crippen LogP contribution in [-0.2, 0) is 19.9 Å². The number of carbonyl (C=O) groups is 1. The highest BCUT2D eigenvalue weighted by Gasteiger charge is 2.70. The quantitative estimate of drug-likeness (QED) is 0.625. The minimum atomic E-state index is -4.67. The summed E-state index contributed by atoms with van der Waals surface area (Å²) in [5, 5.41) is 0. The number of alkyl halides is 3. The van der Waals surface area contributed by atoms with Crippen LogP contribution in [0.2, 0.25) is 0 Å². The lowest BCUT2D eigenvalue weighted by molar-refractivity contribution is -0.333. The Kier molecular flexibility index (Phi) is 4.58. The second-order valence-electron chi connectivity index (χ2n) is 5.06. The van der Waals surface area contributed by atoms with Gasteiger partial charge in [-0.1, -0.05) is 25.1 Å². The average Bonchev–Trinajstić information content (AvgIpc) is 2.49. The number of benzene rings is 1. The zero-order chi connectivity index (χ0) is 17.3. The topological polar surface area (TPSA) is 44.8 Å². The summed E-state index contributed by atoms with van der Waals surface area (Å²) in [4.78, 5) is 11.4. The van der Waals surface area contributed by atoms with Gasteiger partial charge < -0.3 is 14.2 Å². The molecule has 1 saturated heterocycles. The summed E-state index contributed by atoms with van der Waals surface area (Å²) in [6.45, 7) is 3.10. The second kappa shape index (κ2) is 6.14. The fraction of sp³-hybridized carbons (Fsp3) is 0.438. The first-order valence-electron chi connectivity index (χ1n) is 7.05. The Morgan fingerprint density at radius 2 is 2.04 bits per heavy atom. The van der Waals surface area contributed by atoms with Gasteiger partial charge in [0, 0.05) is 5.56 Å². The van der Waals surface area contributed by atoms with Gasteiger partial charge in [0.1, 0.15) is 11.5 Å². The van der Waals surface area contributed by atoms with Crippen LogP contribution in [-0.4, -0.2) is 25.9 Å². The molecule has 7 heteroatoms. The number of hydrogen-bond donors (Lipinski definition) is 0. The first kappa shape index (κ1) is 17.2. The van der Waals surface area contributed by atoms with E-state index < -0.39 is 23.7 Å². The SMILES string of the molecule is CCOC(=O)/C=C1/O[C@@](c2ccccc2OC)(C(F)(F)F)[C@H]1C. The molecular formula is C16H17F3O4. The number of esters is 1. The summed E-state index contributed by atoms with van der Waals surface area (Å²) in [5.74, 6) is -1.80. The maximum absolute atomic E-state index is 13.7. The molecule has 2 rings (SSSR count). The van der Waals surface area contributed by atoms with Gasteiger partial charge in [0.25, 0.3) is 0 Å². The van der Waals surface area contributed by atoms with Crippen molar-refractivity contribution in [2.24, 2.45) is 5.92 Å². The van der Waals surface area contributed by atoms with E-state index in [9.17, 15) is 18.0 Å². The Bertz CT molecular complexity index is 624. The molecule has 0 aliphatic carbocycles. The molecule has 1 aromatic carbocycles. The summed E-state index contributed by atoms with van der Waals surface area (Å²) >= 11 is 0. The van der Waals surface area contributed by atoms with Crippen molar-refractivity contribution >= 4 is 5.97 Å². The lowest BCUT2D eigenvalue weighted by Crippen LogP contribution is -2.58. The van der Waals surface area contributed by atoms with Crippen LogP contribution in [0.25, 0.3) is 0 Å². The van der Waals surface area contributed by atoms with Gasteiger partial charge in [-0.25, -0.2) is 4.79 Å². The molecule has 2 atom stereocenters. The first-order chi connectivity index (χ1) is 10.8. The highest BCUT2D eigenvalue weighted by Crippen LogP contribution is 2.60. The molecular weight excluding hydrogens is 313 g/mol.